The second kappa shape index (κ2) is 7.63. The molecule has 0 unspecified atom stereocenters. The van der Waals surface area contributed by atoms with E-state index in [1.807, 2.05) is 24.4 Å². The van der Waals surface area contributed by atoms with Crippen molar-refractivity contribution in [2.45, 2.75) is 0 Å². The summed E-state index contributed by atoms with van der Waals surface area (Å²) in [5.41, 5.74) is 2.50. The number of aryl methyl sites for hydroxylation is 1. The molecule has 9 heteroatoms. The van der Waals surface area contributed by atoms with E-state index in [0.29, 0.717) is 22.2 Å². The second-order valence-electron chi connectivity index (χ2n) is 6.61. The molecule has 2 heterocycles. The summed E-state index contributed by atoms with van der Waals surface area (Å²) in [5.74, 6) is -0.142. The molecule has 0 aliphatic rings. The predicted molar refractivity (Wildman–Crippen MR) is 112 cm³/mol. The third-order valence-corrected chi connectivity index (χ3v) is 4.56. The van der Waals surface area contributed by atoms with Crippen LogP contribution in [-0.2, 0) is 7.05 Å². The lowest BCUT2D eigenvalue weighted by Crippen LogP contribution is -2.13. The van der Waals surface area contributed by atoms with E-state index in [1.54, 1.807) is 30.1 Å². The van der Waals surface area contributed by atoms with E-state index in [2.05, 4.69) is 15.4 Å². The van der Waals surface area contributed by atoms with Gasteiger partial charge < -0.3 is 10.1 Å². The van der Waals surface area contributed by atoms with Crippen LogP contribution >= 0.6 is 0 Å². The third-order valence-electron chi connectivity index (χ3n) is 4.56. The van der Waals surface area contributed by atoms with Gasteiger partial charge >= 0.3 is 0 Å². The van der Waals surface area contributed by atoms with Crippen LogP contribution in [-0.4, -0.2) is 32.7 Å². The molecule has 0 fully saturated rings. The number of fused-ring (bicyclic) bond motifs is 1. The zero-order valence-electron chi connectivity index (χ0n) is 16.2. The van der Waals surface area contributed by atoms with Crippen LogP contribution in [0.2, 0.25) is 0 Å². The lowest BCUT2D eigenvalue weighted by molar-refractivity contribution is -0.384. The first kappa shape index (κ1) is 19.1. The fourth-order valence-electron chi connectivity index (χ4n) is 3.14. The molecule has 4 rings (SSSR count). The first-order chi connectivity index (χ1) is 14.4. The number of carbonyl (C=O) groups excluding carboxylic acids is 1. The minimum absolute atomic E-state index is 0.180. The number of anilines is 1. The van der Waals surface area contributed by atoms with Crippen LogP contribution in [0.4, 0.5) is 11.4 Å². The monoisotopic (exact) mass is 403 g/mol. The molecule has 2 aromatic heterocycles. The summed E-state index contributed by atoms with van der Waals surface area (Å²) in [7, 11) is 3.20. The van der Waals surface area contributed by atoms with E-state index in [1.165, 1.54) is 25.3 Å². The molecule has 4 aromatic rings. The van der Waals surface area contributed by atoms with Gasteiger partial charge in [0, 0.05) is 36.3 Å². The molecule has 30 heavy (non-hydrogen) atoms. The van der Waals surface area contributed by atoms with Gasteiger partial charge in [0.05, 0.1) is 46.8 Å². The van der Waals surface area contributed by atoms with E-state index >= 15 is 0 Å². The molecule has 150 valence electrons. The average molecular weight is 403 g/mol. The molecule has 1 amide bonds. The number of amides is 1. The summed E-state index contributed by atoms with van der Waals surface area (Å²) in [6.45, 7) is 0. The maximum absolute atomic E-state index is 13.1. The summed E-state index contributed by atoms with van der Waals surface area (Å²) in [6.07, 6.45) is 3.48. The van der Waals surface area contributed by atoms with E-state index in [9.17, 15) is 14.9 Å². The number of aromatic nitrogens is 3. The number of nitro groups is 1. The molecule has 1 N–H and O–H groups in total. The van der Waals surface area contributed by atoms with Crippen molar-refractivity contribution >= 4 is 28.2 Å². The fourth-order valence-corrected chi connectivity index (χ4v) is 3.14. The maximum Gasteiger partial charge on any atom is 0.275 e. The molecule has 0 atom stereocenters. The normalized spacial score (nSPS) is 10.7. The molecular formula is C21H17N5O4. The van der Waals surface area contributed by atoms with Gasteiger partial charge in [-0.05, 0) is 12.1 Å². The second-order valence-corrected chi connectivity index (χ2v) is 6.61. The number of hydrogen-bond donors (Lipinski definition) is 1. The predicted octanol–water partition coefficient (Wildman–Crippen LogP) is 3.80. The van der Waals surface area contributed by atoms with Crippen molar-refractivity contribution in [3.63, 3.8) is 0 Å². The van der Waals surface area contributed by atoms with Gasteiger partial charge in [0.1, 0.15) is 5.75 Å². The number of rotatable bonds is 5. The van der Waals surface area contributed by atoms with Gasteiger partial charge in [0.15, 0.2) is 0 Å². The number of hydrogen-bond acceptors (Lipinski definition) is 6. The van der Waals surface area contributed by atoms with Crippen LogP contribution in [0.25, 0.3) is 22.2 Å². The van der Waals surface area contributed by atoms with Crippen LogP contribution in [0.5, 0.6) is 5.75 Å². The number of nitrogens with zero attached hydrogens (tertiary/aromatic N) is 4. The summed E-state index contributed by atoms with van der Waals surface area (Å²) in [4.78, 5) is 28.4. The van der Waals surface area contributed by atoms with Crippen molar-refractivity contribution in [2.75, 3.05) is 12.4 Å². The molecule has 0 saturated carbocycles. The van der Waals surface area contributed by atoms with Gasteiger partial charge in [-0.2, -0.15) is 5.10 Å². The number of non-ortho nitro benzene ring substituents is 1. The largest absolute Gasteiger partial charge is 0.496 e. The molecule has 0 aliphatic carbocycles. The minimum Gasteiger partial charge on any atom is -0.496 e. The Bertz CT molecular complexity index is 1280. The number of pyridine rings is 1. The van der Waals surface area contributed by atoms with Gasteiger partial charge in [0.2, 0.25) is 0 Å². The Morgan fingerprint density at radius 1 is 1.20 bits per heavy atom. The quantitative estimate of drug-likeness (QED) is 0.401. The lowest BCUT2D eigenvalue weighted by atomic mass is 10.0. The van der Waals surface area contributed by atoms with Gasteiger partial charge in [-0.1, -0.05) is 18.2 Å². The number of ether oxygens (including phenoxy) is 1. The Hall–Kier alpha value is -4.27. The van der Waals surface area contributed by atoms with Crippen molar-refractivity contribution in [3.05, 3.63) is 76.6 Å². The van der Waals surface area contributed by atoms with Crippen LogP contribution in [0.1, 0.15) is 10.4 Å². The number of benzene rings is 2. The van der Waals surface area contributed by atoms with Gasteiger partial charge in [-0.15, -0.1) is 0 Å². The highest BCUT2D eigenvalue weighted by molar-refractivity contribution is 6.13. The Morgan fingerprint density at radius 3 is 2.70 bits per heavy atom. The smallest absolute Gasteiger partial charge is 0.275 e. The van der Waals surface area contributed by atoms with Crippen molar-refractivity contribution in [1.29, 1.82) is 0 Å². The lowest BCUT2D eigenvalue weighted by Gasteiger charge is -2.11. The topological polar surface area (TPSA) is 112 Å². The molecule has 0 bridgehead atoms. The Kier molecular flexibility index (Phi) is 4.85. The van der Waals surface area contributed by atoms with E-state index in [-0.39, 0.29) is 17.1 Å². The average Bonchev–Trinajstić information content (AvgIpc) is 3.18. The first-order valence-electron chi connectivity index (χ1n) is 8.98. The molecule has 0 aliphatic heterocycles. The standard InChI is InChI=1S/C21H17N5O4/c1-25-12-13(11-22-25)20-10-18(17-5-3-4-6-19(17)24-20)21(27)23-14-7-15(26(28)29)9-16(8-14)30-2/h3-12H,1-2H3,(H,23,27). The number of nitro benzene ring substituents is 1. The highest BCUT2D eigenvalue weighted by Gasteiger charge is 2.17. The molecule has 9 nitrogen and oxygen atoms in total. The Morgan fingerprint density at radius 2 is 2.00 bits per heavy atom. The van der Waals surface area contributed by atoms with Crippen molar-refractivity contribution in [3.8, 4) is 17.0 Å². The van der Waals surface area contributed by atoms with Crippen LogP contribution < -0.4 is 10.1 Å². The SMILES string of the molecule is COc1cc(NC(=O)c2cc(-c3cnn(C)c3)nc3ccccc23)cc([N+](=O)[O-])c1. The fraction of sp³-hybridized carbons (Fsp3) is 0.0952. The summed E-state index contributed by atoms with van der Waals surface area (Å²) >= 11 is 0. The summed E-state index contributed by atoms with van der Waals surface area (Å²) in [5, 5.41) is 18.7. The van der Waals surface area contributed by atoms with Gasteiger partial charge in [0.25, 0.3) is 11.6 Å². The van der Waals surface area contributed by atoms with Crippen LogP contribution in [0, 0.1) is 10.1 Å². The van der Waals surface area contributed by atoms with Crippen molar-refractivity contribution < 1.29 is 14.5 Å². The zero-order chi connectivity index (χ0) is 21.3. The summed E-state index contributed by atoms with van der Waals surface area (Å²) in [6, 6.07) is 13.1. The van der Waals surface area contributed by atoms with E-state index in [4.69, 9.17) is 4.74 Å². The molecular weight excluding hydrogens is 386 g/mol. The first-order valence-corrected chi connectivity index (χ1v) is 8.98. The maximum atomic E-state index is 13.1. The highest BCUT2D eigenvalue weighted by Crippen LogP contribution is 2.28. The number of methoxy groups -OCH3 is 1. The van der Waals surface area contributed by atoms with Crippen molar-refractivity contribution in [2.24, 2.45) is 7.05 Å². The minimum atomic E-state index is -0.541. The zero-order valence-corrected chi connectivity index (χ0v) is 16.2. The van der Waals surface area contributed by atoms with Crippen molar-refractivity contribution in [1.82, 2.24) is 14.8 Å². The van der Waals surface area contributed by atoms with Crippen LogP contribution in [0.15, 0.2) is 60.9 Å². The Balaban J connectivity index is 1.78. The highest BCUT2D eigenvalue weighted by atomic mass is 16.6. The summed E-state index contributed by atoms with van der Waals surface area (Å²) < 4.78 is 6.76. The Labute approximate surface area is 171 Å². The van der Waals surface area contributed by atoms with Crippen LogP contribution in [0.3, 0.4) is 0 Å². The third kappa shape index (κ3) is 3.68. The van der Waals surface area contributed by atoms with Gasteiger partial charge in [-0.25, -0.2) is 4.98 Å². The molecule has 0 spiro atoms. The number of carbonyl (C=O) groups is 1. The number of para-hydroxylation sites is 1. The van der Waals surface area contributed by atoms with E-state index < -0.39 is 10.8 Å². The molecule has 2 aromatic carbocycles. The van der Waals surface area contributed by atoms with E-state index in [0.717, 1.165) is 5.56 Å². The van der Waals surface area contributed by atoms with Gasteiger partial charge in [-0.3, -0.25) is 19.6 Å². The molecule has 0 radical (unpaired) electrons. The number of nitrogens with one attached hydrogen (secondary N) is 1. The molecule has 0 saturated heterocycles.